The fraction of sp³-hybridized carbons (Fsp3) is 0.429. The predicted octanol–water partition coefficient (Wildman–Crippen LogP) is 1.18. The number of ketones is 1. The van der Waals surface area contributed by atoms with Gasteiger partial charge in [0.05, 0.1) is 6.10 Å². The van der Waals surface area contributed by atoms with Crippen LogP contribution in [0.15, 0.2) is 30.4 Å². The summed E-state index contributed by atoms with van der Waals surface area (Å²) in [5.41, 5.74) is 5.68. The summed E-state index contributed by atoms with van der Waals surface area (Å²) in [4.78, 5) is 24.7. The summed E-state index contributed by atoms with van der Waals surface area (Å²) >= 11 is 0. The van der Waals surface area contributed by atoms with Gasteiger partial charge in [0.25, 0.3) is 0 Å². The largest absolute Gasteiger partial charge is 0.507 e. The first-order valence-electron chi connectivity index (χ1n) is 9.40. The van der Waals surface area contributed by atoms with Crippen LogP contribution in [0.2, 0.25) is 0 Å². The summed E-state index contributed by atoms with van der Waals surface area (Å²) in [6.07, 6.45) is 2.10. The van der Waals surface area contributed by atoms with Gasteiger partial charge < -0.3 is 30.5 Å². The third kappa shape index (κ3) is 5.90. The van der Waals surface area contributed by atoms with Crippen molar-refractivity contribution >= 4 is 17.8 Å². The van der Waals surface area contributed by atoms with Crippen LogP contribution >= 0.6 is 0 Å². The zero-order valence-electron chi connectivity index (χ0n) is 16.4. The number of hydrogen-bond acceptors (Lipinski definition) is 8. The van der Waals surface area contributed by atoms with Gasteiger partial charge in [0.15, 0.2) is 5.78 Å². The summed E-state index contributed by atoms with van der Waals surface area (Å²) in [6.45, 7) is 3.89. The molecule has 1 aliphatic rings. The number of nitrogens with two attached hydrogens (primary N) is 1. The Hall–Kier alpha value is -2.68. The van der Waals surface area contributed by atoms with E-state index in [2.05, 4.69) is 0 Å². The fourth-order valence-corrected chi connectivity index (χ4v) is 2.73. The van der Waals surface area contributed by atoms with Crippen molar-refractivity contribution in [2.75, 3.05) is 13.2 Å². The van der Waals surface area contributed by atoms with E-state index in [1.54, 1.807) is 13.8 Å². The molecule has 4 atom stereocenters. The number of ether oxygens (including phenoxy) is 2. The van der Waals surface area contributed by atoms with Gasteiger partial charge in [-0.3, -0.25) is 4.79 Å². The summed E-state index contributed by atoms with van der Waals surface area (Å²) in [6, 6.07) is 2.84. The van der Waals surface area contributed by atoms with Gasteiger partial charge in [-0.2, -0.15) is 0 Å². The number of phenols is 1. The third-order valence-electron chi connectivity index (χ3n) is 4.64. The van der Waals surface area contributed by atoms with Crippen LogP contribution in [0, 0.1) is 5.92 Å². The van der Waals surface area contributed by atoms with E-state index < -0.39 is 30.1 Å². The van der Waals surface area contributed by atoms with E-state index in [0.29, 0.717) is 11.3 Å². The fourth-order valence-electron chi connectivity index (χ4n) is 2.73. The number of rotatable bonds is 3. The van der Waals surface area contributed by atoms with Crippen molar-refractivity contribution in [2.24, 2.45) is 11.7 Å². The average molecular weight is 405 g/mol. The van der Waals surface area contributed by atoms with Gasteiger partial charge >= 0.3 is 5.97 Å². The lowest BCUT2D eigenvalue weighted by Crippen LogP contribution is -2.32. The highest BCUT2D eigenvalue weighted by Gasteiger charge is 2.25. The van der Waals surface area contributed by atoms with Gasteiger partial charge in [0.1, 0.15) is 35.9 Å². The van der Waals surface area contributed by atoms with Crippen LogP contribution in [-0.2, 0) is 9.53 Å². The summed E-state index contributed by atoms with van der Waals surface area (Å²) < 4.78 is 10.9. The number of aromatic hydroxyl groups is 1. The maximum Gasteiger partial charge on any atom is 0.342 e. The Morgan fingerprint density at radius 2 is 1.93 bits per heavy atom. The van der Waals surface area contributed by atoms with Gasteiger partial charge in [-0.05, 0) is 31.1 Å². The molecule has 0 saturated carbocycles. The van der Waals surface area contributed by atoms with Crippen molar-refractivity contribution in [3.05, 3.63) is 41.5 Å². The molecule has 1 heterocycles. The molecule has 1 aliphatic heterocycles. The number of cyclic esters (lactones) is 1. The molecule has 4 unspecified atom stereocenters. The maximum absolute atomic E-state index is 12.7. The minimum absolute atomic E-state index is 0.0458. The van der Waals surface area contributed by atoms with Crippen molar-refractivity contribution in [1.29, 1.82) is 0 Å². The van der Waals surface area contributed by atoms with Crippen LogP contribution < -0.4 is 10.5 Å². The number of benzene rings is 1. The topological polar surface area (TPSA) is 139 Å². The molecule has 0 saturated heterocycles. The van der Waals surface area contributed by atoms with Crippen molar-refractivity contribution in [3.8, 4) is 11.5 Å². The zero-order valence-corrected chi connectivity index (χ0v) is 16.4. The standard InChI is InChI=1S/C21H27NO7/c1-12-6-7-17(24)20(26)16(23)5-3-4-14-10-15(28-9-8-22)11-18(25)19(14)21(27)29-13(12)2/h3-4,6-7,10-13,16,20,23,25-26H,5,8-9,22H2,1-2H3/b4-3+,7-6-. The van der Waals surface area contributed by atoms with Crippen LogP contribution in [-0.4, -0.2) is 58.5 Å². The quantitative estimate of drug-likeness (QED) is 0.550. The lowest BCUT2D eigenvalue weighted by Gasteiger charge is -2.20. The highest BCUT2D eigenvalue weighted by Crippen LogP contribution is 2.31. The number of fused-ring (bicyclic) bond motifs is 1. The molecule has 2 rings (SSSR count). The number of esters is 1. The average Bonchev–Trinajstić information content (AvgIpc) is 2.68. The molecule has 0 spiro atoms. The molecule has 0 aromatic heterocycles. The van der Waals surface area contributed by atoms with Crippen molar-refractivity contribution in [1.82, 2.24) is 0 Å². The Kier molecular flexibility index (Phi) is 7.95. The molecule has 5 N–H and O–H groups in total. The zero-order chi connectivity index (χ0) is 21.6. The molecule has 0 aliphatic carbocycles. The van der Waals surface area contributed by atoms with Gasteiger partial charge in [0.2, 0.25) is 0 Å². The molecule has 8 heteroatoms. The molecule has 1 aromatic carbocycles. The summed E-state index contributed by atoms with van der Waals surface area (Å²) in [5.74, 6) is -1.72. The highest BCUT2D eigenvalue weighted by molar-refractivity contribution is 5.97. The number of aliphatic hydroxyl groups is 2. The van der Waals surface area contributed by atoms with E-state index in [4.69, 9.17) is 15.2 Å². The Morgan fingerprint density at radius 1 is 1.21 bits per heavy atom. The third-order valence-corrected chi connectivity index (χ3v) is 4.64. The van der Waals surface area contributed by atoms with E-state index in [9.17, 15) is 24.9 Å². The number of phenolic OH excluding ortho intramolecular Hbond substituents is 1. The lowest BCUT2D eigenvalue weighted by molar-refractivity contribution is -0.127. The van der Waals surface area contributed by atoms with Crippen LogP contribution in [0.1, 0.15) is 36.2 Å². The monoisotopic (exact) mass is 405 g/mol. The highest BCUT2D eigenvalue weighted by atomic mass is 16.5. The molecule has 0 radical (unpaired) electrons. The minimum Gasteiger partial charge on any atom is -0.507 e. The Bertz CT molecular complexity index is 802. The molecule has 29 heavy (non-hydrogen) atoms. The van der Waals surface area contributed by atoms with Gasteiger partial charge in [-0.25, -0.2) is 4.79 Å². The van der Waals surface area contributed by atoms with Crippen molar-refractivity contribution < 1.29 is 34.4 Å². The van der Waals surface area contributed by atoms with Crippen LogP contribution in [0.4, 0.5) is 0 Å². The Balaban J connectivity index is 2.47. The van der Waals surface area contributed by atoms with Gasteiger partial charge in [-0.1, -0.05) is 25.2 Å². The van der Waals surface area contributed by atoms with Crippen LogP contribution in [0.3, 0.4) is 0 Å². The second kappa shape index (κ2) is 10.2. The first kappa shape index (κ1) is 22.6. The second-order valence-electron chi connectivity index (χ2n) is 6.93. The van der Waals surface area contributed by atoms with E-state index >= 15 is 0 Å². The number of aliphatic hydroxyl groups excluding tert-OH is 2. The van der Waals surface area contributed by atoms with Crippen LogP contribution in [0.25, 0.3) is 6.08 Å². The molecule has 1 aromatic rings. The van der Waals surface area contributed by atoms with Gasteiger partial charge in [0, 0.05) is 18.5 Å². The summed E-state index contributed by atoms with van der Waals surface area (Å²) in [7, 11) is 0. The smallest absolute Gasteiger partial charge is 0.342 e. The number of carbonyl (C=O) groups is 2. The second-order valence-corrected chi connectivity index (χ2v) is 6.93. The molecule has 0 bridgehead atoms. The lowest BCUT2D eigenvalue weighted by atomic mass is 9.99. The normalized spacial score (nSPS) is 28.0. The Morgan fingerprint density at radius 3 is 2.62 bits per heavy atom. The summed E-state index contributed by atoms with van der Waals surface area (Å²) in [5, 5.41) is 30.5. The molecule has 158 valence electrons. The molecular formula is C21H27NO7. The molecule has 0 amide bonds. The van der Waals surface area contributed by atoms with Crippen LogP contribution in [0.5, 0.6) is 11.5 Å². The first-order chi connectivity index (χ1) is 13.7. The molecule has 8 nitrogen and oxygen atoms in total. The van der Waals surface area contributed by atoms with E-state index in [-0.39, 0.29) is 36.8 Å². The first-order valence-corrected chi connectivity index (χ1v) is 9.40. The van der Waals surface area contributed by atoms with E-state index in [0.717, 1.165) is 0 Å². The van der Waals surface area contributed by atoms with Crippen molar-refractivity contribution in [3.63, 3.8) is 0 Å². The number of hydrogen-bond donors (Lipinski definition) is 4. The SMILES string of the molecule is CC1/C=C\C(=O)C(O)C(O)C/C=C/c2cc(OCCN)cc(O)c2C(=O)OC1C. The maximum atomic E-state index is 12.7. The van der Waals surface area contributed by atoms with E-state index in [1.165, 1.54) is 36.4 Å². The predicted molar refractivity (Wildman–Crippen MR) is 107 cm³/mol. The molecule has 0 fully saturated rings. The minimum atomic E-state index is -1.57. The van der Waals surface area contributed by atoms with E-state index in [1.807, 2.05) is 0 Å². The van der Waals surface area contributed by atoms with Crippen molar-refractivity contribution in [2.45, 2.75) is 38.6 Å². The Labute approximate surface area is 169 Å². The number of carbonyl (C=O) groups excluding carboxylic acids is 2. The van der Waals surface area contributed by atoms with Gasteiger partial charge in [-0.15, -0.1) is 0 Å². The molecular weight excluding hydrogens is 378 g/mol.